The van der Waals surface area contributed by atoms with E-state index in [1.54, 1.807) is 0 Å². The maximum absolute atomic E-state index is 9.07. The molecule has 0 aromatic heterocycles. The van der Waals surface area contributed by atoms with Crippen molar-refractivity contribution in [1.29, 1.82) is 0 Å². The van der Waals surface area contributed by atoms with Crippen LogP contribution < -0.4 is 5.32 Å². The van der Waals surface area contributed by atoms with E-state index < -0.39 is 0 Å². The van der Waals surface area contributed by atoms with Crippen LogP contribution in [0.1, 0.15) is 0 Å². The van der Waals surface area contributed by atoms with Crippen LogP contribution in [0.15, 0.2) is 0 Å². The third kappa shape index (κ3) is 3.56. The fraction of sp³-hybridized carbons (Fsp3) is 0. The summed E-state index contributed by atoms with van der Waals surface area (Å²) in [6, 6.07) is 0. The summed E-state index contributed by atoms with van der Waals surface area (Å²) in [5.41, 5.74) is 1.09. The van der Waals surface area contributed by atoms with Crippen molar-refractivity contribution in [3.8, 4) is 0 Å². The summed E-state index contributed by atoms with van der Waals surface area (Å²) in [6.45, 7) is 0. The first-order valence-corrected chi connectivity index (χ1v) is 1.45. The molecule has 0 aromatic rings. The third-order valence-corrected chi connectivity index (χ3v) is 0.236. The van der Waals surface area contributed by atoms with Crippen molar-refractivity contribution >= 4 is 24.1 Å². The zero-order valence-electron chi connectivity index (χ0n) is 2.39. The van der Waals surface area contributed by atoms with Crippen molar-refractivity contribution in [2.24, 2.45) is 0 Å². The number of carbonyl (C=O) groups excluding carboxylic acids is 1. The summed E-state index contributed by atoms with van der Waals surface area (Å²) in [5.74, 6) is 0. The zero-order valence-corrected chi connectivity index (χ0v) is 3.21. The average Bonchev–Trinajstić information content (AvgIpc) is 1.41. The van der Waals surface area contributed by atoms with Crippen LogP contribution in [0, 0.1) is 0 Å². The van der Waals surface area contributed by atoms with Gasteiger partial charge in [0.05, 0.1) is 5.49 Å². The van der Waals surface area contributed by atoms with Gasteiger partial charge in [-0.2, -0.15) is 0 Å². The number of hydrogen-bond donors (Lipinski definition) is 1. The lowest BCUT2D eigenvalue weighted by molar-refractivity contribution is 0.553. The van der Waals surface area contributed by atoms with E-state index in [0.29, 0.717) is 0 Å². The Bertz CT molecular complexity index is 38.9. The van der Waals surface area contributed by atoms with Crippen LogP contribution in [0.25, 0.3) is 0 Å². The standard InChI is InChI=1S/C2H2NOS/c4-1-3-2-5/h2H,(H,3,4,5). The molecule has 0 heterocycles. The summed E-state index contributed by atoms with van der Waals surface area (Å²) < 4.78 is 0. The zero-order chi connectivity index (χ0) is 4.12. The van der Waals surface area contributed by atoms with Gasteiger partial charge in [-0.3, -0.25) is 4.79 Å². The molecular weight excluding hydrogens is 86.1 g/mol. The summed E-state index contributed by atoms with van der Waals surface area (Å²) in [7, 11) is 0. The Morgan fingerprint density at radius 3 is 2.60 bits per heavy atom. The molecule has 3 heteroatoms. The van der Waals surface area contributed by atoms with Gasteiger partial charge in [-0.25, -0.2) is 0 Å². The minimum atomic E-state index is 1.09. The monoisotopic (exact) mass is 88.0 g/mol. The fourth-order valence-corrected chi connectivity index (χ4v) is 0.0722. The molecule has 0 rings (SSSR count). The Morgan fingerprint density at radius 1 is 2.00 bits per heavy atom. The lowest BCUT2D eigenvalue weighted by Crippen LogP contribution is -2.02. The Labute approximate surface area is 35.2 Å². The Balaban J connectivity index is 2.65. The highest BCUT2D eigenvalue weighted by molar-refractivity contribution is 7.78. The fourth-order valence-electron chi connectivity index (χ4n) is 0.0241. The maximum Gasteiger partial charge on any atom is 0.314 e. The van der Waals surface area contributed by atoms with Crippen LogP contribution in [0.2, 0.25) is 0 Å². The molecule has 0 unspecified atom stereocenters. The minimum Gasteiger partial charge on any atom is -0.315 e. The molecule has 1 N–H and O–H groups in total. The average molecular weight is 88.1 g/mol. The lowest BCUT2D eigenvalue weighted by Gasteiger charge is -1.65. The van der Waals surface area contributed by atoms with E-state index in [1.165, 1.54) is 6.41 Å². The smallest absolute Gasteiger partial charge is 0.314 e. The van der Waals surface area contributed by atoms with Crippen LogP contribution in [0.4, 0.5) is 0 Å². The van der Waals surface area contributed by atoms with Crippen LogP contribution in [0.5, 0.6) is 0 Å². The van der Waals surface area contributed by atoms with Crippen LogP contribution in [-0.4, -0.2) is 11.9 Å². The predicted molar refractivity (Wildman–Crippen MR) is 22.5 cm³/mol. The third-order valence-electron chi connectivity index (χ3n) is 0.118. The van der Waals surface area contributed by atoms with Gasteiger partial charge in [0, 0.05) is 0 Å². The van der Waals surface area contributed by atoms with Crippen molar-refractivity contribution in [2.45, 2.75) is 0 Å². The molecule has 0 bridgehead atoms. The topological polar surface area (TPSA) is 29.1 Å². The lowest BCUT2D eigenvalue weighted by atomic mass is 11.2. The highest BCUT2D eigenvalue weighted by Gasteiger charge is 1.56. The maximum atomic E-state index is 9.07. The highest BCUT2D eigenvalue weighted by Crippen LogP contribution is 1.31. The normalized spacial score (nSPS) is 5.60. The van der Waals surface area contributed by atoms with Gasteiger partial charge in [-0.15, -0.1) is 0 Å². The number of amides is 1. The van der Waals surface area contributed by atoms with E-state index in [1.807, 2.05) is 5.32 Å². The number of thiocarbonyl (C=S) groups is 1. The van der Waals surface area contributed by atoms with E-state index in [9.17, 15) is 0 Å². The summed E-state index contributed by atoms with van der Waals surface area (Å²) in [4.78, 5) is 9.07. The minimum absolute atomic E-state index is 1.09. The molecule has 1 radical (unpaired) electrons. The van der Waals surface area contributed by atoms with Crippen molar-refractivity contribution in [3.63, 3.8) is 0 Å². The first-order valence-electron chi connectivity index (χ1n) is 0.979. The molecule has 2 nitrogen and oxygen atoms in total. The van der Waals surface area contributed by atoms with E-state index in [0.717, 1.165) is 5.49 Å². The summed E-state index contributed by atoms with van der Waals surface area (Å²) in [5, 5.41) is 2.00. The Hall–Kier alpha value is -0.440. The predicted octanol–water partition coefficient (Wildman–Crippen LogP) is -0.400. The molecule has 0 aliphatic heterocycles. The second-order valence-corrected chi connectivity index (χ2v) is 0.600. The quantitative estimate of drug-likeness (QED) is 0.367. The number of rotatable bonds is 2. The van der Waals surface area contributed by atoms with Gasteiger partial charge >= 0.3 is 6.41 Å². The van der Waals surface area contributed by atoms with Crippen LogP contribution in [-0.2, 0) is 4.79 Å². The molecule has 27 valence electrons. The van der Waals surface area contributed by atoms with Crippen LogP contribution >= 0.6 is 12.2 Å². The molecular formula is C2H2NOS. The summed E-state index contributed by atoms with van der Waals surface area (Å²) in [6.07, 6.45) is 1.36. The van der Waals surface area contributed by atoms with Gasteiger partial charge in [0.15, 0.2) is 0 Å². The largest absolute Gasteiger partial charge is 0.315 e. The number of hydrogen-bond acceptors (Lipinski definition) is 2. The van der Waals surface area contributed by atoms with Crippen LogP contribution in [0.3, 0.4) is 0 Å². The molecule has 0 saturated heterocycles. The second-order valence-electron chi connectivity index (χ2n) is 0.364. The first-order chi connectivity index (χ1) is 2.41. The van der Waals surface area contributed by atoms with Crippen molar-refractivity contribution in [1.82, 2.24) is 5.32 Å². The SMILES string of the molecule is O=[C]NC=S. The van der Waals surface area contributed by atoms with E-state index >= 15 is 0 Å². The van der Waals surface area contributed by atoms with Gasteiger partial charge in [0.25, 0.3) is 0 Å². The summed E-state index contributed by atoms with van der Waals surface area (Å²) >= 11 is 4.15. The molecule has 0 spiro atoms. The van der Waals surface area contributed by atoms with Crippen molar-refractivity contribution < 1.29 is 4.79 Å². The van der Waals surface area contributed by atoms with E-state index in [4.69, 9.17) is 4.79 Å². The Kier molecular flexibility index (Phi) is 3.25. The number of nitrogens with one attached hydrogen (secondary N) is 1. The van der Waals surface area contributed by atoms with Gasteiger partial charge in [0.2, 0.25) is 0 Å². The van der Waals surface area contributed by atoms with Gasteiger partial charge in [-0.1, -0.05) is 12.2 Å². The Morgan fingerprint density at radius 2 is 2.60 bits per heavy atom. The van der Waals surface area contributed by atoms with Gasteiger partial charge in [-0.05, 0) is 0 Å². The molecule has 0 aromatic carbocycles. The van der Waals surface area contributed by atoms with Crippen molar-refractivity contribution in [3.05, 3.63) is 0 Å². The molecule has 5 heavy (non-hydrogen) atoms. The van der Waals surface area contributed by atoms with Crippen molar-refractivity contribution in [2.75, 3.05) is 0 Å². The molecule has 0 atom stereocenters. The first kappa shape index (κ1) is 4.56. The van der Waals surface area contributed by atoms with E-state index in [2.05, 4.69) is 12.2 Å². The molecule has 0 fully saturated rings. The molecule has 1 amide bonds. The van der Waals surface area contributed by atoms with E-state index in [-0.39, 0.29) is 0 Å². The second kappa shape index (κ2) is 3.56. The van der Waals surface area contributed by atoms with Gasteiger partial charge in [0.1, 0.15) is 0 Å². The molecule has 0 saturated carbocycles. The molecule has 0 aliphatic carbocycles. The highest BCUT2D eigenvalue weighted by atomic mass is 32.1. The molecule has 0 aliphatic rings. The van der Waals surface area contributed by atoms with Gasteiger partial charge < -0.3 is 5.32 Å².